The summed E-state index contributed by atoms with van der Waals surface area (Å²) in [5.41, 5.74) is 0. The summed E-state index contributed by atoms with van der Waals surface area (Å²) < 4.78 is 4.75. The van der Waals surface area contributed by atoms with E-state index in [-0.39, 0.29) is 11.9 Å². The second kappa shape index (κ2) is 7.50. The second-order valence-corrected chi connectivity index (χ2v) is 2.88. The zero-order chi connectivity index (χ0) is 10.1. The fourth-order valence-electron chi connectivity index (χ4n) is 0.882. The van der Waals surface area contributed by atoms with Gasteiger partial charge in [-0.1, -0.05) is 6.92 Å². The third kappa shape index (κ3) is 7.22. The van der Waals surface area contributed by atoms with Crippen LogP contribution in [0.3, 0.4) is 0 Å². The van der Waals surface area contributed by atoms with Gasteiger partial charge < -0.3 is 4.74 Å². The van der Waals surface area contributed by atoms with Crippen molar-refractivity contribution in [2.75, 3.05) is 13.2 Å². The Labute approximate surface area is 78.0 Å². The molecule has 0 bridgehead atoms. The smallest absolute Gasteiger partial charge is 0.305 e. The number of carbonyl (C=O) groups is 1. The van der Waals surface area contributed by atoms with Gasteiger partial charge in [0.15, 0.2) is 0 Å². The van der Waals surface area contributed by atoms with Gasteiger partial charge in [0.1, 0.15) is 0 Å². The van der Waals surface area contributed by atoms with Crippen molar-refractivity contribution in [3.8, 4) is 0 Å². The van der Waals surface area contributed by atoms with Crippen molar-refractivity contribution in [2.45, 2.75) is 26.7 Å². The summed E-state index contributed by atoms with van der Waals surface area (Å²) in [4.78, 5) is 24.1. The summed E-state index contributed by atoms with van der Waals surface area (Å²) in [5.74, 6) is 0.0373. The molecule has 0 aromatic rings. The van der Waals surface area contributed by atoms with Crippen LogP contribution >= 0.6 is 0 Å². The molecule has 1 atom stereocenters. The molecule has 0 spiro atoms. The molecule has 0 amide bonds. The first-order chi connectivity index (χ1) is 6.20. The molecule has 0 aromatic heterocycles. The lowest BCUT2D eigenvalue weighted by molar-refractivity contribution is -0.143. The lowest BCUT2D eigenvalue weighted by Crippen LogP contribution is -2.07. The molecule has 0 saturated carbocycles. The van der Waals surface area contributed by atoms with E-state index in [2.05, 4.69) is 4.99 Å². The predicted molar refractivity (Wildman–Crippen MR) is 48.0 cm³/mol. The quantitative estimate of drug-likeness (QED) is 0.356. The number of esters is 1. The fraction of sp³-hybridized carbons (Fsp3) is 0.778. The molecule has 4 nitrogen and oxygen atoms in total. The van der Waals surface area contributed by atoms with Crippen LogP contribution in [-0.2, 0) is 14.3 Å². The van der Waals surface area contributed by atoms with E-state index in [1.54, 1.807) is 6.92 Å². The molecule has 0 aliphatic rings. The summed E-state index contributed by atoms with van der Waals surface area (Å²) in [7, 11) is 0. The summed E-state index contributed by atoms with van der Waals surface area (Å²) in [5, 5.41) is 0. The largest absolute Gasteiger partial charge is 0.466 e. The van der Waals surface area contributed by atoms with Crippen molar-refractivity contribution in [1.82, 2.24) is 0 Å². The van der Waals surface area contributed by atoms with Gasteiger partial charge in [-0.05, 0) is 19.3 Å². The first-order valence-corrected chi connectivity index (χ1v) is 4.40. The number of ether oxygens (including phenoxy) is 1. The minimum atomic E-state index is -0.190. The van der Waals surface area contributed by atoms with Gasteiger partial charge in [-0.15, -0.1) is 0 Å². The highest BCUT2D eigenvalue weighted by atomic mass is 16.5. The standard InChI is InChI=1S/C9H15NO3/c1-3-13-9(12)5-4-8(2)6-10-7-11/h8H,3-6H2,1-2H3. The van der Waals surface area contributed by atoms with Gasteiger partial charge in [0.2, 0.25) is 6.08 Å². The molecule has 74 valence electrons. The number of nitrogens with zero attached hydrogens (tertiary/aromatic N) is 1. The van der Waals surface area contributed by atoms with Crippen LogP contribution in [0.5, 0.6) is 0 Å². The maximum atomic E-state index is 10.9. The van der Waals surface area contributed by atoms with Gasteiger partial charge in [0, 0.05) is 6.42 Å². The molecule has 13 heavy (non-hydrogen) atoms. The molecular formula is C9H15NO3. The van der Waals surface area contributed by atoms with E-state index >= 15 is 0 Å². The Balaban J connectivity index is 3.50. The Morgan fingerprint density at radius 3 is 2.85 bits per heavy atom. The molecule has 4 heteroatoms. The molecule has 0 heterocycles. The topological polar surface area (TPSA) is 55.7 Å². The Bertz CT molecular complexity index is 197. The molecule has 0 radical (unpaired) electrons. The zero-order valence-corrected chi connectivity index (χ0v) is 8.08. The van der Waals surface area contributed by atoms with E-state index < -0.39 is 0 Å². The third-order valence-corrected chi connectivity index (χ3v) is 1.61. The average molecular weight is 185 g/mol. The monoisotopic (exact) mass is 185 g/mol. The van der Waals surface area contributed by atoms with Crippen molar-refractivity contribution in [1.29, 1.82) is 0 Å². The van der Waals surface area contributed by atoms with Gasteiger partial charge in [0.05, 0.1) is 13.2 Å². The van der Waals surface area contributed by atoms with Crippen LogP contribution in [0, 0.1) is 5.92 Å². The lowest BCUT2D eigenvalue weighted by Gasteiger charge is -2.06. The first-order valence-electron chi connectivity index (χ1n) is 4.40. The van der Waals surface area contributed by atoms with E-state index in [1.165, 1.54) is 6.08 Å². The second-order valence-electron chi connectivity index (χ2n) is 2.88. The first kappa shape index (κ1) is 11.8. The van der Waals surface area contributed by atoms with Crippen LogP contribution < -0.4 is 0 Å². The highest BCUT2D eigenvalue weighted by molar-refractivity contribution is 5.69. The van der Waals surface area contributed by atoms with E-state index in [0.717, 1.165) is 0 Å². The van der Waals surface area contributed by atoms with Crippen molar-refractivity contribution < 1.29 is 14.3 Å². The van der Waals surface area contributed by atoms with Gasteiger partial charge in [-0.25, -0.2) is 9.79 Å². The highest BCUT2D eigenvalue weighted by Gasteiger charge is 2.06. The van der Waals surface area contributed by atoms with Crippen molar-refractivity contribution >= 4 is 12.0 Å². The van der Waals surface area contributed by atoms with Crippen LogP contribution in [0.1, 0.15) is 26.7 Å². The van der Waals surface area contributed by atoms with Gasteiger partial charge in [0.25, 0.3) is 0 Å². The molecule has 0 aliphatic carbocycles. The van der Waals surface area contributed by atoms with E-state index in [4.69, 9.17) is 4.74 Å². The van der Waals surface area contributed by atoms with Crippen LogP contribution in [0.4, 0.5) is 0 Å². The van der Waals surface area contributed by atoms with E-state index in [9.17, 15) is 9.59 Å². The van der Waals surface area contributed by atoms with Gasteiger partial charge >= 0.3 is 5.97 Å². The van der Waals surface area contributed by atoms with Crippen molar-refractivity contribution in [2.24, 2.45) is 10.9 Å². The number of hydrogen-bond acceptors (Lipinski definition) is 4. The summed E-state index contributed by atoms with van der Waals surface area (Å²) in [6.07, 6.45) is 2.56. The number of hydrogen-bond donors (Lipinski definition) is 0. The lowest BCUT2D eigenvalue weighted by atomic mass is 10.1. The third-order valence-electron chi connectivity index (χ3n) is 1.61. The Kier molecular flexibility index (Phi) is 6.83. The van der Waals surface area contributed by atoms with Crippen LogP contribution in [0.25, 0.3) is 0 Å². The van der Waals surface area contributed by atoms with Crippen molar-refractivity contribution in [3.63, 3.8) is 0 Å². The Morgan fingerprint density at radius 2 is 2.31 bits per heavy atom. The molecule has 0 aliphatic heterocycles. The molecular weight excluding hydrogens is 170 g/mol. The maximum absolute atomic E-state index is 10.9. The van der Waals surface area contributed by atoms with E-state index in [1.807, 2.05) is 6.92 Å². The van der Waals surface area contributed by atoms with Crippen molar-refractivity contribution in [3.05, 3.63) is 0 Å². The van der Waals surface area contributed by atoms with Gasteiger partial charge in [-0.3, -0.25) is 4.79 Å². The Hall–Kier alpha value is -1.15. The number of rotatable bonds is 6. The number of aliphatic imine (C=N–C) groups is 1. The maximum Gasteiger partial charge on any atom is 0.305 e. The zero-order valence-electron chi connectivity index (χ0n) is 8.08. The normalized spacial score (nSPS) is 11.5. The number of carbonyl (C=O) groups excluding carboxylic acids is 2. The summed E-state index contributed by atoms with van der Waals surface area (Å²) in [6.45, 7) is 4.56. The van der Waals surface area contributed by atoms with Crippen LogP contribution in [-0.4, -0.2) is 25.2 Å². The highest BCUT2D eigenvalue weighted by Crippen LogP contribution is 2.06. The minimum Gasteiger partial charge on any atom is -0.466 e. The summed E-state index contributed by atoms with van der Waals surface area (Å²) in [6, 6.07) is 0. The SMILES string of the molecule is CCOC(=O)CCC(C)CN=C=O. The fourth-order valence-corrected chi connectivity index (χ4v) is 0.882. The van der Waals surface area contributed by atoms with E-state index in [0.29, 0.717) is 26.0 Å². The average Bonchev–Trinajstić information content (AvgIpc) is 2.12. The van der Waals surface area contributed by atoms with Gasteiger partial charge in [-0.2, -0.15) is 0 Å². The molecule has 0 rings (SSSR count). The summed E-state index contributed by atoms with van der Waals surface area (Å²) >= 11 is 0. The predicted octanol–water partition coefficient (Wildman–Crippen LogP) is 1.30. The molecule has 0 fully saturated rings. The number of isocyanates is 1. The van der Waals surface area contributed by atoms with Crippen LogP contribution in [0.15, 0.2) is 4.99 Å². The minimum absolute atomic E-state index is 0.190. The Morgan fingerprint density at radius 1 is 1.62 bits per heavy atom. The van der Waals surface area contributed by atoms with Crippen LogP contribution in [0.2, 0.25) is 0 Å². The molecule has 0 aromatic carbocycles. The molecule has 1 unspecified atom stereocenters. The molecule has 0 saturated heterocycles. The molecule has 0 N–H and O–H groups in total.